The van der Waals surface area contributed by atoms with Crippen LogP contribution < -0.4 is 0 Å². The lowest BCUT2D eigenvalue weighted by atomic mass is 10.00. The van der Waals surface area contributed by atoms with Crippen LogP contribution in [0.25, 0.3) is 16.9 Å². The van der Waals surface area contributed by atoms with Gasteiger partial charge in [-0.15, -0.1) is 0 Å². The third-order valence-corrected chi connectivity index (χ3v) is 5.26. The fourth-order valence-electron chi connectivity index (χ4n) is 3.83. The molecule has 0 radical (unpaired) electrons. The second-order valence-electron chi connectivity index (χ2n) is 7.19. The van der Waals surface area contributed by atoms with Crippen LogP contribution in [0.3, 0.4) is 0 Å². The number of aryl methyl sites for hydroxylation is 1. The zero-order valence-electron chi connectivity index (χ0n) is 15.7. The van der Waals surface area contributed by atoms with Gasteiger partial charge in [-0.25, -0.2) is 9.50 Å². The molecule has 0 saturated heterocycles. The second-order valence-corrected chi connectivity index (χ2v) is 7.19. The molecule has 0 unspecified atom stereocenters. The molecule has 138 valence electrons. The fourth-order valence-corrected chi connectivity index (χ4v) is 3.83. The molecule has 1 amide bonds. The summed E-state index contributed by atoms with van der Waals surface area (Å²) in [5, 5.41) is 4.69. The van der Waals surface area contributed by atoms with Gasteiger partial charge in [-0.1, -0.05) is 54.6 Å². The van der Waals surface area contributed by atoms with Crippen LogP contribution >= 0.6 is 0 Å². The zero-order chi connectivity index (χ0) is 19.1. The van der Waals surface area contributed by atoms with Crippen LogP contribution in [0.1, 0.15) is 27.3 Å². The van der Waals surface area contributed by atoms with E-state index in [2.05, 4.69) is 23.2 Å². The summed E-state index contributed by atoms with van der Waals surface area (Å²) in [5.41, 5.74) is 6.44. The standard InChI is InChI=1S/C23H20N4O/c1-16-13-21(23(28)26-12-11-17-7-5-6-10-19(17)15-26)27-22(24-16)14-20(25-27)18-8-3-2-4-9-18/h2-10,13-14H,11-12,15H2,1H3. The number of benzene rings is 2. The van der Waals surface area contributed by atoms with Crippen LogP contribution in [0.5, 0.6) is 0 Å². The first-order valence-electron chi connectivity index (χ1n) is 9.48. The van der Waals surface area contributed by atoms with Crippen LogP contribution in [0.2, 0.25) is 0 Å². The van der Waals surface area contributed by atoms with E-state index in [1.54, 1.807) is 4.52 Å². The van der Waals surface area contributed by atoms with Gasteiger partial charge in [0.15, 0.2) is 5.65 Å². The number of hydrogen-bond acceptors (Lipinski definition) is 3. The summed E-state index contributed by atoms with van der Waals surface area (Å²) in [4.78, 5) is 19.8. The van der Waals surface area contributed by atoms with Crippen LogP contribution in [0, 0.1) is 6.92 Å². The molecule has 1 aliphatic rings. The third kappa shape index (κ3) is 2.85. The molecule has 0 saturated carbocycles. The molecule has 2 aromatic carbocycles. The average Bonchev–Trinajstić information content (AvgIpc) is 3.17. The van der Waals surface area contributed by atoms with Gasteiger partial charge in [0.25, 0.3) is 5.91 Å². The van der Waals surface area contributed by atoms with Crippen molar-refractivity contribution in [2.75, 3.05) is 6.54 Å². The Labute approximate surface area is 163 Å². The van der Waals surface area contributed by atoms with Crippen molar-refractivity contribution >= 4 is 11.6 Å². The monoisotopic (exact) mass is 368 g/mol. The lowest BCUT2D eigenvalue weighted by Gasteiger charge is -2.29. The molecular formula is C23H20N4O. The maximum absolute atomic E-state index is 13.4. The lowest BCUT2D eigenvalue weighted by molar-refractivity contribution is 0.0725. The van der Waals surface area contributed by atoms with Crippen molar-refractivity contribution in [3.05, 3.63) is 89.2 Å². The van der Waals surface area contributed by atoms with Gasteiger partial charge in [0.05, 0.1) is 5.69 Å². The number of aromatic nitrogens is 3. The van der Waals surface area contributed by atoms with Gasteiger partial charge in [-0.3, -0.25) is 4.79 Å². The van der Waals surface area contributed by atoms with E-state index in [-0.39, 0.29) is 5.91 Å². The fraction of sp³-hybridized carbons (Fsp3) is 0.174. The molecule has 0 atom stereocenters. The Morgan fingerprint density at radius 2 is 1.71 bits per heavy atom. The van der Waals surface area contributed by atoms with Crippen molar-refractivity contribution in [3.8, 4) is 11.3 Å². The predicted molar refractivity (Wildman–Crippen MR) is 108 cm³/mol. The molecule has 5 heteroatoms. The maximum atomic E-state index is 13.4. The molecular weight excluding hydrogens is 348 g/mol. The summed E-state index contributed by atoms with van der Waals surface area (Å²) in [5.74, 6) is -0.00675. The molecule has 5 nitrogen and oxygen atoms in total. The van der Waals surface area contributed by atoms with Crippen molar-refractivity contribution in [3.63, 3.8) is 0 Å². The minimum absolute atomic E-state index is 0.00675. The van der Waals surface area contributed by atoms with Gasteiger partial charge in [0, 0.05) is 30.4 Å². The van der Waals surface area contributed by atoms with Crippen molar-refractivity contribution < 1.29 is 4.79 Å². The Hall–Kier alpha value is -3.47. The normalized spacial score (nSPS) is 13.5. The molecule has 3 heterocycles. The van der Waals surface area contributed by atoms with Crippen molar-refractivity contribution in [1.29, 1.82) is 0 Å². The maximum Gasteiger partial charge on any atom is 0.272 e. The third-order valence-electron chi connectivity index (χ3n) is 5.26. The van der Waals surface area contributed by atoms with E-state index in [1.807, 2.05) is 60.4 Å². The number of carbonyl (C=O) groups excluding carboxylic acids is 1. The first-order chi connectivity index (χ1) is 13.7. The SMILES string of the molecule is Cc1cc(C(=O)N2CCc3ccccc3C2)n2nc(-c3ccccc3)cc2n1. The summed E-state index contributed by atoms with van der Waals surface area (Å²) < 4.78 is 1.68. The van der Waals surface area contributed by atoms with Gasteiger partial charge in [0.1, 0.15) is 5.69 Å². The van der Waals surface area contributed by atoms with Gasteiger partial charge in [-0.2, -0.15) is 5.10 Å². The molecule has 2 aromatic heterocycles. The average molecular weight is 368 g/mol. The number of hydrogen-bond donors (Lipinski definition) is 0. The molecule has 0 aliphatic carbocycles. The highest BCUT2D eigenvalue weighted by atomic mass is 16.2. The smallest absolute Gasteiger partial charge is 0.272 e. The van der Waals surface area contributed by atoms with Gasteiger partial charge >= 0.3 is 0 Å². The Kier molecular flexibility index (Phi) is 3.93. The number of carbonyl (C=O) groups is 1. The number of rotatable bonds is 2. The van der Waals surface area contributed by atoms with Crippen molar-refractivity contribution in [2.24, 2.45) is 0 Å². The summed E-state index contributed by atoms with van der Waals surface area (Å²) in [6.45, 7) is 3.26. The van der Waals surface area contributed by atoms with Crippen molar-refractivity contribution in [1.82, 2.24) is 19.5 Å². The summed E-state index contributed by atoms with van der Waals surface area (Å²) >= 11 is 0. The Balaban J connectivity index is 1.55. The Bertz CT molecular complexity index is 1180. The van der Waals surface area contributed by atoms with E-state index >= 15 is 0 Å². The minimum Gasteiger partial charge on any atom is -0.333 e. The van der Waals surface area contributed by atoms with Crippen LogP contribution in [0.4, 0.5) is 0 Å². The summed E-state index contributed by atoms with van der Waals surface area (Å²) in [7, 11) is 0. The van der Waals surface area contributed by atoms with E-state index in [9.17, 15) is 4.79 Å². The molecule has 0 fully saturated rings. The van der Waals surface area contributed by atoms with Crippen LogP contribution in [0.15, 0.2) is 66.7 Å². The highest BCUT2D eigenvalue weighted by Gasteiger charge is 2.24. The van der Waals surface area contributed by atoms with Crippen molar-refractivity contribution in [2.45, 2.75) is 19.9 Å². The molecule has 1 aliphatic heterocycles. The Morgan fingerprint density at radius 1 is 0.964 bits per heavy atom. The number of fused-ring (bicyclic) bond motifs is 2. The molecule has 4 aromatic rings. The van der Waals surface area contributed by atoms with Gasteiger partial charge in [-0.05, 0) is 30.5 Å². The number of amides is 1. The minimum atomic E-state index is -0.00675. The quantitative estimate of drug-likeness (QED) is 0.539. The van der Waals surface area contributed by atoms with Crippen LogP contribution in [-0.4, -0.2) is 31.9 Å². The lowest BCUT2D eigenvalue weighted by Crippen LogP contribution is -2.37. The van der Waals surface area contributed by atoms with Gasteiger partial charge < -0.3 is 4.90 Å². The molecule has 5 rings (SSSR count). The van der Waals surface area contributed by atoms with Gasteiger partial charge in [0.2, 0.25) is 0 Å². The second kappa shape index (κ2) is 6.60. The highest BCUT2D eigenvalue weighted by Crippen LogP contribution is 2.23. The van der Waals surface area contributed by atoms with Crippen LogP contribution in [-0.2, 0) is 13.0 Å². The van der Waals surface area contributed by atoms with E-state index in [0.717, 1.165) is 23.4 Å². The molecule has 0 N–H and O–H groups in total. The zero-order valence-corrected chi connectivity index (χ0v) is 15.7. The molecule has 28 heavy (non-hydrogen) atoms. The molecule has 0 bridgehead atoms. The summed E-state index contributed by atoms with van der Waals surface area (Å²) in [6, 6.07) is 22.1. The van der Waals surface area contributed by atoms with E-state index in [0.29, 0.717) is 24.4 Å². The largest absolute Gasteiger partial charge is 0.333 e. The topological polar surface area (TPSA) is 50.5 Å². The van der Waals surface area contributed by atoms with E-state index in [4.69, 9.17) is 5.10 Å². The van der Waals surface area contributed by atoms with E-state index < -0.39 is 0 Å². The highest BCUT2D eigenvalue weighted by molar-refractivity contribution is 5.93. The first kappa shape index (κ1) is 16.7. The first-order valence-corrected chi connectivity index (χ1v) is 9.48. The predicted octanol–water partition coefficient (Wildman–Crippen LogP) is 3.90. The number of nitrogens with zero attached hydrogens (tertiary/aromatic N) is 4. The Morgan fingerprint density at radius 3 is 2.54 bits per heavy atom. The molecule has 0 spiro atoms. The van der Waals surface area contributed by atoms with E-state index in [1.165, 1.54) is 11.1 Å². The summed E-state index contributed by atoms with van der Waals surface area (Å²) in [6.07, 6.45) is 0.878.